The molecule has 2 aromatic heterocycles. The zero-order chi connectivity index (χ0) is 7.68. The third-order valence-corrected chi connectivity index (χ3v) is 2.07. The van der Waals surface area contributed by atoms with Crippen molar-refractivity contribution in [2.24, 2.45) is 0 Å². The first-order valence-electron chi connectivity index (χ1n) is 2.74. The molecule has 0 aromatic carbocycles. The minimum Gasteiger partial charge on any atom is -0.410 e. The minimum absolute atomic E-state index is 0.482. The topological polar surface area (TPSA) is 51.8 Å². The Morgan fingerprint density at radius 3 is 2.91 bits per heavy atom. The van der Waals surface area contributed by atoms with Gasteiger partial charge in [-0.2, -0.15) is 0 Å². The summed E-state index contributed by atoms with van der Waals surface area (Å²) in [5.41, 5.74) is 2.47. The van der Waals surface area contributed by atoms with E-state index in [1.54, 1.807) is 5.51 Å². The maximum absolute atomic E-state index is 5.14. The number of hydrogen-bond donors (Lipinski definition) is 0. The van der Waals surface area contributed by atoms with Gasteiger partial charge in [-0.1, -0.05) is 0 Å². The average Bonchev–Trinajstić information content (AvgIpc) is 2.55. The SMILES string of the molecule is Ic1nnc(-c2cscn2)o1. The van der Waals surface area contributed by atoms with Gasteiger partial charge >= 0.3 is 0 Å². The Bertz CT molecular complexity index is 344. The van der Waals surface area contributed by atoms with Crippen LogP contribution in [0.2, 0.25) is 0 Å². The molecule has 0 N–H and O–H groups in total. The van der Waals surface area contributed by atoms with Crippen LogP contribution in [-0.2, 0) is 0 Å². The molecule has 2 rings (SSSR count). The Hall–Kier alpha value is -0.500. The summed E-state index contributed by atoms with van der Waals surface area (Å²) in [4.78, 5) is 4.02. The second-order valence-electron chi connectivity index (χ2n) is 1.73. The molecule has 0 radical (unpaired) electrons. The maximum atomic E-state index is 5.14. The van der Waals surface area contributed by atoms with E-state index in [0.29, 0.717) is 9.79 Å². The van der Waals surface area contributed by atoms with Crippen molar-refractivity contribution in [2.75, 3.05) is 0 Å². The van der Waals surface area contributed by atoms with Gasteiger partial charge in [0, 0.05) is 28.0 Å². The second kappa shape index (κ2) is 2.86. The van der Waals surface area contributed by atoms with E-state index in [2.05, 4.69) is 15.2 Å². The van der Waals surface area contributed by atoms with Gasteiger partial charge in [0.1, 0.15) is 5.69 Å². The average molecular weight is 279 g/mol. The molecular weight excluding hydrogens is 277 g/mol. The highest BCUT2D eigenvalue weighted by molar-refractivity contribution is 14.1. The van der Waals surface area contributed by atoms with Gasteiger partial charge in [0.2, 0.25) is 0 Å². The van der Waals surface area contributed by atoms with Crippen molar-refractivity contribution in [3.63, 3.8) is 0 Å². The Morgan fingerprint density at radius 2 is 2.36 bits per heavy atom. The molecule has 0 amide bonds. The molecule has 11 heavy (non-hydrogen) atoms. The van der Waals surface area contributed by atoms with Crippen LogP contribution in [0, 0.1) is 3.90 Å². The van der Waals surface area contributed by atoms with Gasteiger partial charge in [0.25, 0.3) is 9.79 Å². The first-order valence-corrected chi connectivity index (χ1v) is 4.76. The fraction of sp³-hybridized carbons (Fsp3) is 0. The quantitative estimate of drug-likeness (QED) is 0.747. The molecule has 0 atom stereocenters. The molecule has 0 fully saturated rings. The second-order valence-corrected chi connectivity index (χ2v) is 3.38. The van der Waals surface area contributed by atoms with E-state index in [9.17, 15) is 0 Å². The van der Waals surface area contributed by atoms with Crippen molar-refractivity contribution >= 4 is 33.9 Å². The summed E-state index contributed by atoms with van der Waals surface area (Å²) < 4.78 is 5.67. The van der Waals surface area contributed by atoms with E-state index in [1.165, 1.54) is 11.3 Å². The van der Waals surface area contributed by atoms with Crippen LogP contribution in [0.5, 0.6) is 0 Å². The van der Waals surface area contributed by atoms with Crippen LogP contribution < -0.4 is 0 Å². The first-order chi connectivity index (χ1) is 5.36. The highest BCUT2D eigenvalue weighted by Crippen LogP contribution is 2.17. The summed E-state index contributed by atoms with van der Waals surface area (Å²) in [5, 5.41) is 9.35. The molecule has 0 unspecified atom stereocenters. The third-order valence-electron chi connectivity index (χ3n) is 1.05. The zero-order valence-electron chi connectivity index (χ0n) is 5.19. The summed E-state index contributed by atoms with van der Waals surface area (Å²) in [6.45, 7) is 0. The van der Waals surface area contributed by atoms with E-state index in [4.69, 9.17) is 4.42 Å². The summed E-state index contributed by atoms with van der Waals surface area (Å²) >= 11 is 3.46. The minimum atomic E-state index is 0.482. The third kappa shape index (κ3) is 1.41. The lowest BCUT2D eigenvalue weighted by molar-refractivity contribution is 0.535. The molecular formula is C5H2IN3OS. The Kier molecular flexibility index (Phi) is 1.86. The summed E-state index contributed by atoms with van der Waals surface area (Å²) in [5.74, 6) is 0.482. The lowest BCUT2D eigenvalue weighted by Gasteiger charge is -1.81. The van der Waals surface area contributed by atoms with Crippen LogP contribution in [0.4, 0.5) is 0 Å². The number of hydrogen-bond acceptors (Lipinski definition) is 5. The van der Waals surface area contributed by atoms with Crippen molar-refractivity contribution in [1.82, 2.24) is 15.2 Å². The highest BCUT2D eigenvalue weighted by Gasteiger charge is 2.06. The van der Waals surface area contributed by atoms with Crippen LogP contribution in [0.25, 0.3) is 11.6 Å². The number of rotatable bonds is 1. The van der Waals surface area contributed by atoms with Gasteiger partial charge in [0.05, 0.1) is 5.51 Å². The van der Waals surface area contributed by atoms with Gasteiger partial charge in [-0.15, -0.1) is 21.5 Å². The molecule has 2 aromatic rings. The Labute approximate surface area is 79.8 Å². The van der Waals surface area contributed by atoms with Gasteiger partial charge in [-0.3, -0.25) is 0 Å². The van der Waals surface area contributed by atoms with Crippen LogP contribution in [0.3, 0.4) is 0 Å². The molecule has 56 valence electrons. The van der Waals surface area contributed by atoms with E-state index < -0.39 is 0 Å². The zero-order valence-corrected chi connectivity index (χ0v) is 8.16. The standard InChI is InChI=1S/C5H2IN3OS/c6-5-9-8-4(10-5)3-1-11-2-7-3/h1-2H. The van der Waals surface area contributed by atoms with Crippen LogP contribution in [-0.4, -0.2) is 15.2 Å². The molecule has 0 aliphatic heterocycles. The number of nitrogens with zero attached hydrogens (tertiary/aromatic N) is 3. The number of aromatic nitrogens is 3. The number of thiazole rings is 1. The molecule has 0 aliphatic rings. The fourth-order valence-electron chi connectivity index (χ4n) is 0.627. The normalized spacial score (nSPS) is 10.3. The predicted molar refractivity (Wildman–Crippen MR) is 48.1 cm³/mol. The molecule has 6 heteroatoms. The summed E-state index contributed by atoms with van der Waals surface area (Å²) in [7, 11) is 0. The molecule has 4 nitrogen and oxygen atoms in total. The summed E-state index contributed by atoms with van der Waals surface area (Å²) in [6.07, 6.45) is 0. The van der Waals surface area contributed by atoms with Crippen molar-refractivity contribution in [3.8, 4) is 11.6 Å². The van der Waals surface area contributed by atoms with Gasteiger partial charge in [0.15, 0.2) is 0 Å². The van der Waals surface area contributed by atoms with Crippen LogP contribution in [0.15, 0.2) is 15.3 Å². The summed E-state index contributed by atoms with van der Waals surface area (Å²) in [6, 6.07) is 0. The molecule has 0 bridgehead atoms. The molecule has 0 spiro atoms. The molecule has 0 saturated carbocycles. The van der Waals surface area contributed by atoms with Crippen molar-refractivity contribution < 1.29 is 4.42 Å². The lowest BCUT2D eigenvalue weighted by atomic mass is 10.5. The van der Waals surface area contributed by atoms with E-state index in [-0.39, 0.29) is 0 Å². The van der Waals surface area contributed by atoms with E-state index in [1.807, 2.05) is 28.0 Å². The molecule has 0 aliphatic carbocycles. The smallest absolute Gasteiger partial charge is 0.278 e. The van der Waals surface area contributed by atoms with Crippen LogP contribution >= 0.6 is 33.9 Å². The van der Waals surface area contributed by atoms with Crippen molar-refractivity contribution in [2.45, 2.75) is 0 Å². The van der Waals surface area contributed by atoms with Gasteiger partial charge in [-0.25, -0.2) is 4.98 Å². The van der Waals surface area contributed by atoms with Gasteiger partial charge < -0.3 is 4.42 Å². The van der Waals surface area contributed by atoms with E-state index in [0.717, 1.165) is 5.69 Å². The molecule has 2 heterocycles. The number of halogens is 1. The lowest BCUT2D eigenvalue weighted by Crippen LogP contribution is -1.75. The maximum Gasteiger partial charge on any atom is 0.278 e. The van der Waals surface area contributed by atoms with E-state index >= 15 is 0 Å². The Morgan fingerprint density at radius 1 is 1.45 bits per heavy atom. The van der Waals surface area contributed by atoms with Crippen molar-refractivity contribution in [3.05, 3.63) is 14.8 Å². The fourth-order valence-corrected chi connectivity index (χ4v) is 1.47. The van der Waals surface area contributed by atoms with Crippen LogP contribution in [0.1, 0.15) is 0 Å². The largest absolute Gasteiger partial charge is 0.410 e. The highest BCUT2D eigenvalue weighted by atomic mass is 127. The van der Waals surface area contributed by atoms with Gasteiger partial charge in [-0.05, 0) is 0 Å². The Balaban J connectivity index is 2.45. The molecule has 0 saturated heterocycles. The first kappa shape index (κ1) is 7.17. The predicted octanol–water partition coefficient (Wildman–Crippen LogP) is 1.80. The van der Waals surface area contributed by atoms with Crippen molar-refractivity contribution in [1.29, 1.82) is 0 Å². The monoisotopic (exact) mass is 279 g/mol.